The Labute approximate surface area is 132 Å². The molecule has 0 aliphatic heterocycles. The summed E-state index contributed by atoms with van der Waals surface area (Å²) < 4.78 is 17.4. The lowest BCUT2D eigenvalue weighted by atomic mass is 10.2. The van der Waals surface area contributed by atoms with Crippen LogP contribution in [0.25, 0.3) is 0 Å². The van der Waals surface area contributed by atoms with Crippen LogP contribution < -0.4 is 4.90 Å². The number of hydrogen-bond donors (Lipinski definition) is 0. The Morgan fingerprint density at radius 1 is 1.36 bits per heavy atom. The fourth-order valence-corrected chi connectivity index (χ4v) is 3.19. The Morgan fingerprint density at radius 3 is 2.59 bits per heavy atom. The summed E-state index contributed by atoms with van der Waals surface area (Å²) in [6, 6.07) is 11.1. The van der Waals surface area contributed by atoms with Crippen LogP contribution in [0.2, 0.25) is 0 Å². The number of amides is 1. The summed E-state index contributed by atoms with van der Waals surface area (Å²) in [6.45, 7) is 5.91. The van der Waals surface area contributed by atoms with Gasteiger partial charge in [0.2, 0.25) is 5.91 Å². The maximum atomic E-state index is 12.6. The van der Waals surface area contributed by atoms with Crippen molar-refractivity contribution >= 4 is 22.4 Å². The summed E-state index contributed by atoms with van der Waals surface area (Å²) in [7, 11) is -1.34. The van der Waals surface area contributed by atoms with Gasteiger partial charge in [-0.15, -0.1) is 0 Å². The lowest BCUT2D eigenvalue weighted by Crippen LogP contribution is -2.40. The molecule has 0 aliphatic rings. The van der Waals surface area contributed by atoms with Gasteiger partial charge < -0.3 is 9.42 Å². The molecule has 1 heterocycles. The largest absolute Gasteiger partial charge is 0.361 e. The van der Waals surface area contributed by atoms with E-state index >= 15 is 0 Å². The van der Waals surface area contributed by atoms with Gasteiger partial charge in [-0.3, -0.25) is 9.00 Å². The van der Waals surface area contributed by atoms with Crippen molar-refractivity contribution in [2.45, 2.75) is 31.8 Å². The molecule has 0 saturated carbocycles. The minimum atomic E-state index is -1.34. The van der Waals surface area contributed by atoms with Crippen molar-refractivity contribution in [3.63, 3.8) is 0 Å². The first-order chi connectivity index (χ1) is 10.5. The molecule has 0 fully saturated rings. The van der Waals surface area contributed by atoms with E-state index in [9.17, 15) is 9.00 Å². The van der Waals surface area contributed by atoms with E-state index in [2.05, 4.69) is 5.16 Å². The molecule has 6 heteroatoms. The zero-order valence-electron chi connectivity index (χ0n) is 13.0. The number of para-hydroxylation sites is 1. The van der Waals surface area contributed by atoms with Crippen LogP contribution >= 0.6 is 0 Å². The normalized spacial score (nSPS) is 13.6. The summed E-state index contributed by atoms with van der Waals surface area (Å²) in [5.74, 6) is 0.744. The third-order valence-corrected chi connectivity index (χ3v) is 4.93. The van der Waals surface area contributed by atoms with Gasteiger partial charge in [0.15, 0.2) is 0 Å². The molecule has 2 rings (SSSR count). The smallest absolute Gasteiger partial charge is 0.242 e. The summed E-state index contributed by atoms with van der Waals surface area (Å²) in [4.78, 5) is 14.3. The minimum absolute atomic E-state index is 0.146. The van der Waals surface area contributed by atoms with E-state index in [1.54, 1.807) is 24.8 Å². The number of hydrogen-bond acceptors (Lipinski definition) is 4. The molecule has 0 radical (unpaired) electrons. The summed E-state index contributed by atoms with van der Waals surface area (Å²) in [6.07, 6.45) is 0. The standard InChI is InChI=1S/C16H20N2O3S/c1-4-18(15-8-6-5-7-9-15)16(19)13(3)22(20)11-14-10-12(2)21-17-14/h5-10,13H,4,11H2,1-3H3/t13-,22-/m1/s1. The van der Waals surface area contributed by atoms with Gasteiger partial charge in [-0.1, -0.05) is 23.4 Å². The number of anilines is 1. The van der Waals surface area contributed by atoms with Crippen LogP contribution in [0, 0.1) is 6.92 Å². The van der Waals surface area contributed by atoms with Crippen molar-refractivity contribution < 1.29 is 13.5 Å². The monoisotopic (exact) mass is 320 g/mol. The van der Waals surface area contributed by atoms with Gasteiger partial charge >= 0.3 is 0 Å². The molecule has 2 aromatic rings. The van der Waals surface area contributed by atoms with Crippen LogP contribution in [0.5, 0.6) is 0 Å². The Morgan fingerprint density at radius 2 is 2.05 bits per heavy atom. The molecule has 0 spiro atoms. The van der Waals surface area contributed by atoms with E-state index in [1.165, 1.54) is 0 Å². The quantitative estimate of drug-likeness (QED) is 0.821. The van der Waals surface area contributed by atoms with Crippen LogP contribution in [-0.4, -0.2) is 27.1 Å². The van der Waals surface area contributed by atoms with Crippen LogP contribution in [0.15, 0.2) is 40.9 Å². The van der Waals surface area contributed by atoms with Gasteiger partial charge in [0.25, 0.3) is 0 Å². The van der Waals surface area contributed by atoms with Gasteiger partial charge in [0.05, 0.1) is 11.4 Å². The molecule has 2 atom stereocenters. The lowest BCUT2D eigenvalue weighted by molar-refractivity contribution is -0.117. The summed E-state index contributed by atoms with van der Waals surface area (Å²) in [5, 5.41) is 3.23. The van der Waals surface area contributed by atoms with Crippen molar-refractivity contribution in [1.82, 2.24) is 5.16 Å². The highest BCUT2D eigenvalue weighted by Crippen LogP contribution is 2.17. The number of carbonyl (C=O) groups is 1. The van der Waals surface area contributed by atoms with Crippen molar-refractivity contribution in [1.29, 1.82) is 0 Å². The van der Waals surface area contributed by atoms with E-state index in [0.717, 1.165) is 5.69 Å². The first-order valence-corrected chi connectivity index (χ1v) is 8.57. The molecule has 118 valence electrons. The fourth-order valence-electron chi connectivity index (χ4n) is 2.16. The number of rotatable bonds is 6. The molecule has 0 aliphatic carbocycles. The molecule has 5 nitrogen and oxygen atoms in total. The van der Waals surface area contributed by atoms with Crippen LogP contribution in [0.3, 0.4) is 0 Å². The third-order valence-electron chi connectivity index (χ3n) is 3.36. The van der Waals surface area contributed by atoms with Crippen LogP contribution in [0.4, 0.5) is 5.69 Å². The Hall–Kier alpha value is -1.95. The molecular weight excluding hydrogens is 300 g/mol. The van der Waals surface area contributed by atoms with Gasteiger partial charge in [-0.2, -0.15) is 0 Å². The Balaban J connectivity index is 2.08. The molecule has 22 heavy (non-hydrogen) atoms. The fraction of sp³-hybridized carbons (Fsp3) is 0.375. The number of aromatic nitrogens is 1. The van der Waals surface area contributed by atoms with Gasteiger partial charge in [0.1, 0.15) is 11.0 Å². The Kier molecular flexibility index (Phi) is 5.49. The topological polar surface area (TPSA) is 63.4 Å². The minimum Gasteiger partial charge on any atom is -0.361 e. The average Bonchev–Trinajstić information content (AvgIpc) is 2.93. The number of benzene rings is 1. The van der Waals surface area contributed by atoms with Gasteiger partial charge in [-0.25, -0.2) is 0 Å². The van der Waals surface area contributed by atoms with Crippen molar-refractivity contribution in [2.24, 2.45) is 0 Å². The number of carbonyl (C=O) groups excluding carboxylic acids is 1. The van der Waals surface area contributed by atoms with Crippen LogP contribution in [-0.2, 0) is 21.3 Å². The Bertz CT molecular complexity index is 654. The maximum Gasteiger partial charge on any atom is 0.242 e. The number of aryl methyl sites for hydroxylation is 1. The van der Waals surface area contributed by atoms with Crippen molar-refractivity contribution in [2.75, 3.05) is 11.4 Å². The predicted molar refractivity (Wildman–Crippen MR) is 87.0 cm³/mol. The van der Waals surface area contributed by atoms with Crippen LogP contribution in [0.1, 0.15) is 25.3 Å². The molecule has 0 saturated heterocycles. The third kappa shape index (κ3) is 3.82. The zero-order chi connectivity index (χ0) is 16.1. The lowest BCUT2D eigenvalue weighted by Gasteiger charge is -2.24. The first kappa shape index (κ1) is 16.4. The van der Waals surface area contributed by atoms with E-state index in [-0.39, 0.29) is 11.7 Å². The highest BCUT2D eigenvalue weighted by Gasteiger charge is 2.26. The van der Waals surface area contributed by atoms with E-state index in [4.69, 9.17) is 4.52 Å². The molecule has 0 bridgehead atoms. The van der Waals surface area contributed by atoms with Crippen molar-refractivity contribution in [3.8, 4) is 0 Å². The summed E-state index contributed by atoms with van der Waals surface area (Å²) in [5.41, 5.74) is 1.43. The average molecular weight is 320 g/mol. The molecule has 1 aromatic carbocycles. The van der Waals surface area contributed by atoms with Gasteiger partial charge in [0, 0.05) is 29.1 Å². The second-order valence-corrected chi connectivity index (χ2v) is 6.77. The molecule has 0 unspecified atom stereocenters. The van der Waals surface area contributed by atoms with Gasteiger partial charge in [-0.05, 0) is 32.9 Å². The molecule has 1 aromatic heterocycles. The zero-order valence-corrected chi connectivity index (χ0v) is 13.8. The second-order valence-electron chi connectivity index (χ2n) is 5.01. The second kappa shape index (κ2) is 7.35. The highest BCUT2D eigenvalue weighted by molar-refractivity contribution is 7.85. The number of nitrogens with zero attached hydrogens (tertiary/aromatic N) is 2. The SMILES string of the molecule is CCN(C(=O)[C@@H](C)[S@](=O)Cc1cc(C)on1)c1ccccc1. The summed E-state index contributed by atoms with van der Waals surface area (Å²) >= 11 is 0. The van der Waals surface area contributed by atoms with Crippen molar-refractivity contribution in [3.05, 3.63) is 47.9 Å². The van der Waals surface area contributed by atoms with E-state index in [0.29, 0.717) is 18.0 Å². The molecule has 1 amide bonds. The maximum absolute atomic E-state index is 12.6. The van der Waals surface area contributed by atoms with E-state index < -0.39 is 16.0 Å². The van der Waals surface area contributed by atoms with E-state index in [1.807, 2.05) is 37.3 Å². The highest BCUT2D eigenvalue weighted by atomic mass is 32.2. The molecular formula is C16H20N2O3S. The first-order valence-electron chi connectivity index (χ1n) is 7.18. The molecule has 0 N–H and O–H groups in total. The predicted octanol–water partition coefficient (Wildman–Crippen LogP) is 2.67.